The van der Waals surface area contributed by atoms with Gasteiger partial charge in [0.15, 0.2) is 0 Å². The Labute approximate surface area is 116 Å². The Morgan fingerprint density at radius 3 is 2.79 bits per heavy atom. The molecule has 2 fully saturated rings. The van der Waals surface area contributed by atoms with Gasteiger partial charge in [0.05, 0.1) is 0 Å². The van der Waals surface area contributed by atoms with Gasteiger partial charge in [-0.05, 0) is 37.9 Å². The van der Waals surface area contributed by atoms with E-state index in [0.29, 0.717) is 6.04 Å². The van der Waals surface area contributed by atoms with E-state index in [1.807, 2.05) is 0 Å². The van der Waals surface area contributed by atoms with Gasteiger partial charge in [0.25, 0.3) is 0 Å². The van der Waals surface area contributed by atoms with Crippen molar-refractivity contribution in [2.75, 3.05) is 32.7 Å². The van der Waals surface area contributed by atoms with E-state index in [2.05, 4.69) is 40.1 Å². The quantitative estimate of drug-likeness (QED) is 0.896. The Morgan fingerprint density at radius 1 is 1.16 bits per heavy atom. The van der Waals surface area contributed by atoms with E-state index < -0.39 is 0 Å². The zero-order valence-electron chi connectivity index (χ0n) is 11.7. The van der Waals surface area contributed by atoms with Crippen molar-refractivity contribution < 1.29 is 0 Å². The fraction of sp³-hybridized carbons (Fsp3) is 0.625. The van der Waals surface area contributed by atoms with Gasteiger partial charge in [0.1, 0.15) is 0 Å². The number of nitrogens with two attached hydrogens (primary N) is 1. The Balaban J connectivity index is 1.73. The third-order valence-electron chi connectivity index (χ3n) is 4.68. The molecular formula is C16H25N3. The second kappa shape index (κ2) is 6.04. The summed E-state index contributed by atoms with van der Waals surface area (Å²) in [6, 6.07) is 12.2. The van der Waals surface area contributed by atoms with Crippen LogP contribution in [0.25, 0.3) is 0 Å². The molecule has 2 unspecified atom stereocenters. The van der Waals surface area contributed by atoms with Crippen LogP contribution >= 0.6 is 0 Å². The monoisotopic (exact) mass is 259 g/mol. The Kier molecular flexibility index (Phi) is 4.16. The van der Waals surface area contributed by atoms with Gasteiger partial charge < -0.3 is 5.73 Å². The van der Waals surface area contributed by atoms with Crippen LogP contribution < -0.4 is 5.73 Å². The fourth-order valence-corrected chi connectivity index (χ4v) is 3.69. The zero-order valence-corrected chi connectivity index (χ0v) is 11.7. The predicted octanol–water partition coefficient (Wildman–Crippen LogP) is 1.86. The highest BCUT2D eigenvalue weighted by atomic mass is 15.3. The fourth-order valence-electron chi connectivity index (χ4n) is 3.69. The first-order chi connectivity index (χ1) is 9.38. The molecule has 2 N–H and O–H groups in total. The first-order valence-corrected chi connectivity index (χ1v) is 7.61. The molecule has 1 aromatic carbocycles. The SMILES string of the molecule is NCCC(c1ccccc1)N1CCN2CCCC2C1. The lowest BCUT2D eigenvalue weighted by Gasteiger charge is -2.41. The molecule has 19 heavy (non-hydrogen) atoms. The van der Waals surface area contributed by atoms with E-state index in [9.17, 15) is 0 Å². The summed E-state index contributed by atoms with van der Waals surface area (Å²) < 4.78 is 0. The van der Waals surface area contributed by atoms with E-state index in [0.717, 1.165) is 19.0 Å². The minimum Gasteiger partial charge on any atom is -0.330 e. The average molecular weight is 259 g/mol. The standard InChI is InChI=1S/C16H25N3/c17-9-8-16(14-5-2-1-3-6-14)19-12-11-18-10-4-7-15(18)13-19/h1-3,5-6,15-16H,4,7-13,17H2. The van der Waals surface area contributed by atoms with Crippen LogP contribution in [0.2, 0.25) is 0 Å². The molecule has 2 aliphatic rings. The maximum atomic E-state index is 5.84. The summed E-state index contributed by atoms with van der Waals surface area (Å²) in [5.41, 5.74) is 7.27. The highest BCUT2D eigenvalue weighted by Crippen LogP contribution is 2.29. The highest BCUT2D eigenvalue weighted by Gasteiger charge is 2.33. The molecule has 0 radical (unpaired) electrons. The Hall–Kier alpha value is -0.900. The van der Waals surface area contributed by atoms with Gasteiger partial charge in [-0.3, -0.25) is 9.80 Å². The molecule has 2 heterocycles. The zero-order chi connectivity index (χ0) is 13.1. The van der Waals surface area contributed by atoms with E-state index in [4.69, 9.17) is 5.73 Å². The van der Waals surface area contributed by atoms with Gasteiger partial charge in [-0.2, -0.15) is 0 Å². The maximum absolute atomic E-state index is 5.84. The summed E-state index contributed by atoms with van der Waals surface area (Å²) in [5, 5.41) is 0. The van der Waals surface area contributed by atoms with Crippen molar-refractivity contribution in [3.63, 3.8) is 0 Å². The molecule has 0 spiro atoms. The van der Waals surface area contributed by atoms with E-state index in [1.54, 1.807) is 0 Å². The van der Waals surface area contributed by atoms with Crippen molar-refractivity contribution in [1.29, 1.82) is 0 Å². The molecule has 0 saturated carbocycles. The lowest BCUT2D eigenvalue weighted by atomic mass is 10.00. The van der Waals surface area contributed by atoms with Crippen LogP contribution in [0.15, 0.2) is 30.3 Å². The number of fused-ring (bicyclic) bond motifs is 1. The third-order valence-corrected chi connectivity index (χ3v) is 4.68. The number of benzene rings is 1. The minimum absolute atomic E-state index is 0.508. The van der Waals surface area contributed by atoms with E-state index in [-0.39, 0.29) is 0 Å². The summed E-state index contributed by atoms with van der Waals surface area (Å²) in [6.07, 6.45) is 3.82. The third kappa shape index (κ3) is 2.83. The van der Waals surface area contributed by atoms with Gasteiger partial charge in [-0.15, -0.1) is 0 Å². The number of nitrogens with zero attached hydrogens (tertiary/aromatic N) is 2. The molecule has 2 saturated heterocycles. The first kappa shape index (κ1) is 13.1. The minimum atomic E-state index is 0.508. The van der Waals surface area contributed by atoms with Gasteiger partial charge >= 0.3 is 0 Å². The molecule has 3 nitrogen and oxygen atoms in total. The van der Waals surface area contributed by atoms with Crippen molar-refractivity contribution >= 4 is 0 Å². The molecule has 0 bridgehead atoms. The number of hydrogen-bond donors (Lipinski definition) is 1. The number of piperazine rings is 1. The van der Waals surface area contributed by atoms with Crippen LogP contribution in [0, 0.1) is 0 Å². The average Bonchev–Trinajstić information content (AvgIpc) is 2.93. The van der Waals surface area contributed by atoms with Crippen molar-refractivity contribution in [2.24, 2.45) is 5.73 Å². The van der Waals surface area contributed by atoms with Crippen LogP contribution in [0.1, 0.15) is 30.9 Å². The van der Waals surface area contributed by atoms with Crippen LogP contribution in [0.3, 0.4) is 0 Å². The predicted molar refractivity (Wildman–Crippen MR) is 79.0 cm³/mol. The van der Waals surface area contributed by atoms with Crippen LogP contribution in [0.4, 0.5) is 0 Å². The molecule has 1 aromatic rings. The van der Waals surface area contributed by atoms with E-state index in [1.165, 1.54) is 44.6 Å². The Morgan fingerprint density at radius 2 is 2.00 bits per heavy atom. The molecule has 2 aliphatic heterocycles. The highest BCUT2D eigenvalue weighted by molar-refractivity contribution is 5.19. The summed E-state index contributed by atoms with van der Waals surface area (Å²) in [4.78, 5) is 5.33. The summed E-state index contributed by atoms with van der Waals surface area (Å²) >= 11 is 0. The van der Waals surface area contributed by atoms with E-state index >= 15 is 0 Å². The first-order valence-electron chi connectivity index (χ1n) is 7.61. The van der Waals surface area contributed by atoms with Crippen LogP contribution in [-0.2, 0) is 0 Å². The number of rotatable bonds is 4. The topological polar surface area (TPSA) is 32.5 Å². The van der Waals surface area contributed by atoms with Gasteiger partial charge in [0.2, 0.25) is 0 Å². The second-order valence-electron chi connectivity index (χ2n) is 5.83. The summed E-state index contributed by atoms with van der Waals surface area (Å²) in [6.45, 7) is 5.73. The van der Waals surface area contributed by atoms with Crippen molar-refractivity contribution in [1.82, 2.24) is 9.80 Å². The van der Waals surface area contributed by atoms with Crippen LogP contribution in [0.5, 0.6) is 0 Å². The molecule has 0 aromatic heterocycles. The lowest BCUT2D eigenvalue weighted by Crippen LogP contribution is -2.51. The molecule has 3 rings (SSSR count). The summed E-state index contributed by atoms with van der Waals surface area (Å²) in [5.74, 6) is 0. The largest absolute Gasteiger partial charge is 0.330 e. The maximum Gasteiger partial charge on any atom is 0.0361 e. The smallest absolute Gasteiger partial charge is 0.0361 e. The Bertz CT molecular complexity index is 392. The van der Waals surface area contributed by atoms with Crippen molar-refractivity contribution in [2.45, 2.75) is 31.3 Å². The van der Waals surface area contributed by atoms with Crippen molar-refractivity contribution in [3.8, 4) is 0 Å². The molecule has 2 atom stereocenters. The molecule has 0 aliphatic carbocycles. The van der Waals surface area contributed by atoms with Crippen molar-refractivity contribution in [3.05, 3.63) is 35.9 Å². The summed E-state index contributed by atoms with van der Waals surface area (Å²) in [7, 11) is 0. The number of hydrogen-bond acceptors (Lipinski definition) is 3. The molecular weight excluding hydrogens is 234 g/mol. The van der Waals surface area contributed by atoms with Gasteiger partial charge in [-0.25, -0.2) is 0 Å². The molecule has 3 heteroatoms. The van der Waals surface area contributed by atoms with Crippen LogP contribution in [-0.4, -0.2) is 48.6 Å². The second-order valence-corrected chi connectivity index (χ2v) is 5.83. The molecule has 104 valence electrons. The lowest BCUT2D eigenvalue weighted by molar-refractivity contribution is 0.0687. The van der Waals surface area contributed by atoms with Gasteiger partial charge in [-0.1, -0.05) is 30.3 Å². The van der Waals surface area contributed by atoms with Gasteiger partial charge in [0, 0.05) is 31.7 Å². The normalized spacial score (nSPS) is 26.3. The molecule has 0 amide bonds.